The molecule has 2 atom stereocenters. The second kappa shape index (κ2) is 6.89. The number of hydrogen-bond donors (Lipinski definition) is 1. The van der Waals surface area contributed by atoms with E-state index in [1.54, 1.807) is 11.3 Å². The van der Waals surface area contributed by atoms with Gasteiger partial charge in [-0.1, -0.05) is 0 Å². The fraction of sp³-hybridized carbons (Fsp3) is 0.583. The summed E-state index contributed by atoms with van der Waals surface area (Å²) in [7, 11) is 1.87. The lowest BCUT2D eigenvalue weighted by molar-refractivity contribution is -0.134. The minimum atomic E-state index is 0. The van der Waals surface area contributed by atoms with Crippen LogP contribution < -0.4 is 5.73 Å². The Balaban J connectivity index is 0.00000162. The van der Waals surface area contributed by atoms with Crippen molar-refractivity contribution in [3.8, 4) is 0 Å². The van der Waals surface area contributed by atoms with Crippen LogP contribution in [0.15, 0.2) is 15.2 Å². The normalized spacial score (nSPS) is 22.6. The fourth-order valence-corrected chi connectivity index (χ4v) is 3.53. The van der Waals surface area contributed by atoms with Crippen LogP contribution in [0, 0.1) is 5.92 Å². The van der Waals surface area contributed by atoms with Gasteiger partial charge in [0.1, 0.15) is 0 Å². The molecule has 2 unspecified atom stereocenters. The first kappa shape index (κ1) is 16.0. The maximum absolute atomic E-state index is 12.2. The van der Waals surface area contributed by atoms with E-state index < -0.39 is 0 Å². The minimum absolute atomic E-state index is 0. The highest BCUT2D eigenvalue weighted by Gasteiger charge is 2.29. The van der Waals surface area contributed by atoms with Gasteiger partial charge < -0.3 is 10.6 Å². The summed E-state index contributed by atoms with van der Waals surface area (Å²) in [5.74, 6) is 0.373. The molecule has 2 rings (SSSR count). The molecule has 1 aliphatic carbocycles. The molecule has 0 spiro atoms. The number of nitrogens with two attached hydrogens (primary N) is 1. The summed E-state index contributed by atoms with van der Waals surface area (Å²) < 4.78 is 1.11. The van der Waals surface area contributed by atoms with Gasteiger partial charge in [-0.25, -0.2) is 0 Å². The van der Waals surface area contributed by atoms with E-state index in [1.165, 1.54) is 5.56 Å². The molecule has 0 saturated heterocycles. The standard InChI is InChI=1S/C12H17BrN2OS.ClH/c1-15(6-8-4-11(13)17-7-8)12(16)9-2-3-10(14)5-9;/h4,7,9-10H,2-3,5-6,14H2,1H3;1H. The molecule has 0 bridgehead atoms. The van der Waals surface area contributed by atoms with Crippen LogP contribution in [0.1, 0.15) is 24.8 Å². The van der Waals surface area contributed by atoms with Crippen molar-refractivity contribution < 1.29 is 4.79 Å². The summed E-state index contributed by atoms with van der Waals surface area (Å²) in [6.07, 6.45) is 2.77. The average molecular weight is 354 g/mol. The molecule has 1 aromatic heterocycles. The van der Waals surface area contributed by atoms with E-state index >= 15 is 0 Å². The fourth-order valence-electron chi connectivity index (χ4n) is 2.33. The number of nitrogens with zero attached hydrogens (tertiary/aromatic N) is 1. The van der Waals surface area contributed by atoms with Gasteiger partial charge in [-0.05, 0) is 52.2 Å². The summed E-state index contributed by atoms with van der Waals surface area (Å²) in [4.78, 5) is 14.0. The lowest BCUT2D eigenvalue weighted by Crippen LogP contribution is -2.32. The summed E-state index contributed by atoms with van der Waals surface area (Å²) in [6.45, 7) is 0.687. The second-order valence-electron chi connectivity index (χ2n) is 4.72. The Bertz CT molecular complexity index is 413. The Morgan fingerprint density at radius 3 is 2.83 bits per heavy atom. The zero-order valence-electron chi connectivity index (χ0n) is 10.3. The van der Waals surface area contributed by atoms with Crippen molar-refractivity contribution in [2.24, 2.45) is 11.7 Å². The molecule has 2 N–H and O–H groups in total. The van der Waals surface area contributed by atoms with Gasteiger partial charge in [0.2, 0.25) is 5.91 Å². The van der Waals surface area contributed by atoms with Crippen molar-refractivity contribution in [1.29, 1.82) is 0 Å². The van der Waals surface area contributed by atoms with Gasteiger partial charge in [0, 0.05) is 25.6 Å². The van der Waals surface area contributed by atoms with Crippen molar-refractivity contribution >= 4 is 45.6 Å². The summed E-state index contributed by atoms with van der Waals surface area (Å²) in [5.41, 5.74) is 7.02. The van der Waals surface area contributed by atoms with Gasteiger partial charge in [0.25, 0.3) is 0 Å². The predicted octanol–water partition coefficient (Wildman–Crippen LogP) is 3.02. The highest BCUT2D eigenvalue weighted by atomic mass is 79.9. The van der Waals surface area contributed by atoms with Crippen LogP contribution in [0.4, 0.5) is 0 Å². The largest absolute Gasteiger partial charge is 0.341 e. The summed E-state index contributed by atoms with van der Waals surface area (Å²) in [5, 5.41) is 2.08. The zero-order valence-corrected chi connectivity index (χ0v) is 13.5. The van der Waals surface area contributed by atoms with Crippen molar-refractivity contribution in [2.45, 2.75) is 31.8 Å². The lowest BCUT2D eigenvalue weighted by Gasteiger charge is -2.20. The first-order chi connectivity index (χ1) is 8.06. The smallest absolute Gasteiger partial charge is 0.225 e. The Hall–Kier alpha value is -0.100. The van der Waals surface area contributed by atoms with E-state index in [4.69, 9.17) is 5.73 Å². The number of thiophene rings is 1. The monoisotopic (exact) mass is 352 g/mol. The van der Waals surface area contributed by atoms with Crippen LogP contribution in [0.25, 0.3) is 0 Å². The van der Waals surface area contributed by atoms with Crippen LogP contribution >= 0.6 is 39.7 Å². The molecule has 6 heteroatoms. The van der Waals surface area contributed by atoms with Gasteiger partial charge in [0.05, 0.1) is 3.79 Å². The molecular weight excluding hydrogens is 336 g/mol. The first-order valence-corrected chi connectivity index (χ1v) is 7.47. The van der Waals surface area contributed by atoms with Gasteiger partial charge in [-0.15, -0.1) is 23.7 Å². The van der Waals surface area contributed by atoms with Crippen LogP contribution in [-0.2, 0) is 11.3 Å². The maximum Gasteiger partial charge on any atom is 0.225 e. The number of halogens is 2. The number of hydrogen-bond acceptors (Lipinski definition) is 3. The van der Waals surface area contributed by atoms with E-state index in [0.29, 0.717) is 6.54 Å². The highest BCUT2D eigenvalue weighted by molar-refractivity contribution is 9.11. The third-order valence-electron chi connectivity index (χ3n) is 3.24. The lowest BCUT2D eigenvalue weighted by atomic mass is 10.1. The molecule has 1 saturated carbocycles. The van der Waals surface area contributed by atoms with E-state index in [9.17, 15) is 4.79 Å². The van der Waals surface area contributed by atoms with Crippen LogP contribution in [0.2, 0.25) is 0 Å². The molecule has 18 heavy (non-hydrogen) atoms. The minimum Gasteiger partial charge on any atom is -0.341 e. The number of carbonyl (C=O) groups excluding carboxylic acids is 1. The molecule has 0 radical (unpaired) electrons. The van der Waals surface area contributed by atoms with Crippen molar-refractivity contribution in [3.63, 3.8) is 0 Å². The number of carbonyl (C=O) groups is 1. The van der Waals surface area contributed by atoms with E-state index in [0.717, 1.165) is 23.0 Å². The van der Waals surface area contributed by atoms with Gasteiger partial charge in [-0.2, -0.15) is 0 Å². The van der Waals surface area contributed by atoms with Gasteiger partial charge in [-0.3, -0.25) is 4.79 Å². The third-order valence-corrected chi connectivity index (χ3v) is 4.79. The van der Waals surface area contributed by atoms with E-state index in [1.807, 2.05) is 11.9 Å². The molecule has 1 aliphatic rings. The Morgan fingerprint density at radius 2 is 2.33 bits per heavy atom. The molecule has 1 aromatic rings. The highest BCUT2D eigenvalue weighted by Crippen LogP contribution is 2.27. The van der Waals surface area contributed by atoms with Crippen LogP contribution in [0.3, 0.4) is 0 Å². The first-order valence-electron chi connectivity index (χ1n) is 5.79. The topological polar surface area (TPSA) is 46.3 Å². The molecule has 3 nitrogen and oxygen atoms in total. The average Bonchev–Trinajstić information content (AvgIpc) is 2.87. The maximum atomic E-state index is 12.2. The van der Waals surface area contributed by atoms with Gasteiger partial charge >= 0.3 is 0 Å². The molecule has 102 valence electrons. The molecular formula is C12H18BrClN2OS. The molecule has 0 aliphatic heterocycles. The predicted molar refractivity (Wildman–Crippen MR) is 81.1 cm³/mol. The Kier molecular flexibility index (Phi) is 6.11. The molecule has 1 amide bonds. The third kappa shape index (κ3) is 3.95. The number of rotatable bonds is 3. The second-order valence-corrected chi connectivity index (χ2v) is 7.01. The summed E-state index contributed by atoms with van der Waals surface area (Å²) >= 11 is 5.08. The Labute approximate surface area is 126 Å². The zero-order chi connectivity index (χ0) is 12.4. The van der Waals surface area contributed by atoms with Crippen molar-refractivity contribution in [3.05, 3.63) is 20.8 Å². The van der Waals surface area contributed by atoms with Crippen LogP contribution in [0.5, 0.6) is 0 Å². The molecule has 1 fully saturated rings. The molecule has 1 heterocycles. The van der Waals surface area contributed by atoms with Crippen molar-refractivity contribution in [1.82, 2.24) is 4.90 Å². The number of amides is 1. The summed E-state index contributed by atoms with van der Waals surface area (Å²) in [6, 6.07) is 2.28. The Morgan fingerprint density at radius 1 is 1.61 bits per heavy atom. The van der Waals surface area contributed by atoms with Crippen molar-refractivity contribution in [2.75, 3.05) is 7.05 Å². The van der Waals surface area contributed by atoms with E-state index in [-0.39, 0.29) is 30.3 Å². The van der Waals surface area contributed by atoms with E-state index in [2.05, 4.69) is 27.4 Å². The molecule has 0 aromatic carbocycles. The van der Waals surface area contributed by atoms with Gasteiger partial charge in [0.15, 0.2) is 0 Å². The SMILES string of the molecule is CN(Cc1csc(Br)c1)C(=O)C1CCC(N)C1.Cl. The quantitative estimate of drug-likeness (QED) is 0.908. The van der Waals surface area contributed by atoms with Crippen LogP contribution in [-0.4, -0.2) is 23.9 Å².